The highest BCUT2D eigenvalue weighted by Crippen LogP contribution is 2.38. The number of phenols is 1. The normalized spacial score (nSPS) is 10.1. The van der Waals surface area contributed by atoms with Gasteiger partial charge in [0, 0.05) is 0 Å². The van der Waals surface area contributed by atoms with Crippen LogP contribution < -0.4 is 4.74 Å². The number of carbonyl (C=O) groups excluding carboxylic acids is 2. The first kappa shape index (κ1) is 15.3. The molecule has 0 bridgehead atoms. The Labute approximate surface area is 116 Å². The summed E-state index contributed by atoms with van der Waals surface area (Å²) in [6.07, 6.45) is 0.526. The van der Waals surface area contributed by atoms with E-state index in [1.54, 1.807) is 6.92 Å². The Morgan fingerprint density at radius 1 is 1.37 bits per heavy atom. The van der Waals surface area contributed by atoms with E-state index in [4.69, 9.17) is 16.3 Å². The first-order chi connectivity index (χ1) is 8.97. The van der Waals surface area contributed by atoms with Crippen LogP contribution >= 0.6 is 11.6 Å². The second kappa shape index (κ2) is 6.43. The van der Waals surface area contributed by atoms with E-state index >= 15 is 0 Å². The van der Waals surface area contributed by atoms with Crippen molar-refractivity contribution in [1.82, 2.24) is 0 Å². The van der Waals surface area contributed by atoms with Gasteiger partial charge in [-0.05, 0) is 25.0 Å². The topological polar surface area (TPSA) is 72.8 Å². The number of carbonyl (C=O) groups is 2. The zero-order valence-corrected chi connectivity index (χ0v) is 11.7. The second-order valence-corrected chi connectivity index (χ2v) is 4.06. The molecule has 0 atom stereocenters. The largest absolute Gasteiger partial charge is 0.504 e. The van der Waals surface area contributed by atoms with Crippen LogP contribution in [-0.2, 0) is 16.0 Å². The first-order valence-corrected chi connectivity index (χ1v) is 6.15. The zero-order chi connectivity index (χ0) is 14.6. The van der Waals surface area contributed by atoms with E-state index in [9.17, 15) is 14.7 Å². The van der Waals surface area contributed by atoms with Crippen LogP contribution in [0, 0.1) is 0 Å². The molecule has 5 nitrogen and oxygen atoms in total. The van der Waals surface area contributed by atoms with Gasteiger partial charge in [-0.25, -0.2) is 4.79 Å². The number of aromatic hydroxyl groups is 1. The molecule has 0 fully saturated rings. The number of phenolic OH excluding ortho intramolecular Hbond substituents is 1. The lowest BCUT2D eigenvalue weighted by molar-refractivity contribution is -0.137. The average molecular weight is 287 g/mol. The minimum Gasteiger partial charge on any atom is -0.504 e. The number of hydrogen-bond acceptors (Lipinski definition) is 5. The van der Waals surface area contributed by atoms with Crippen molar-refractivity contribution in [3.05, 3.63) is 22.2 Å². The summed E-state index contributed by atoms with van der Waals surface area (Å²) in [5, 5.41) is 9.98. The lowest BCUT2D eigenvalue weighted by Crippen LogP contribution is -2.18. The fourth-order valence-electron chi connectivity index (χ4n) is 1.60. The summed E-state index contributed by atoms with van der Waals surface area (Å²) < 4.78 is 9.58. The molecule has 0 heterocycles. The number of ketones is 1. The van der Waals surface area contributed by atoms with Crippen LogP contribution in [0.1, 0.15) is 29.8 Å². The highest BCUT2D eigenvalue weighted by Gasteiger charge is 2.28. The standard InChI is InChI=1S/C13H15ClO5/c1-4-7-6-8(18-3)11(15)9(10(7)14)12(16)13(17)19-5-2/h6,15H,4-5H2,1-3H3. The minimum atomic E-state index is -1.06. The Kier molecular flexibility index (Phi) is 5.18. The number of benzene rings is 1. The van der Waals surface area contributed by atoms with Gasteiger partial charge in [0.1, 0.15) is 0 Å². The highest BCUT2D eigenvalue weighted by molar-refractivity contribution is 6.46. The van der Waals surface area contributed by atoms with Crippen molar-refractivity contribution in [2.75, 3.05) is 13.7 Å². The van der Waals surface area contributed by atoms with E-state index in [1.165, 1.54) is 13.2 Å². The molecule has 104 valence electrons. The van der Waals surface area contributed by atoms with Crippen LogP contribution in [0.4, 0.5) is 0 Å². The van der Waals surface area contributed by atoms with Crippen LogP contribution in [0.3, 0.4) is 0 Å². The molecule has 1 N–H and O–H groups in total. The summed E-state index contributed by atoms with van der Waals surface area (Å²) in [7, 11) is 1.35. The van der Waals surface area contributed by atoms with Gasteiger partial charge in [-0.2, -0.15) is 0 Å². The van der Waals surface area contributed by atoms with Gasteiger partial charge in [0.05, 0.1) is 24.3 Å². The molecule has 0 aromatic heterocycles. The Morgan fingerprint density at radius 3 is 2.47 bits per heavy atom. The van der Waals surface area contributed by atoms with Crippen molar-refractivity contribution < 1.29 is 24.2 Å². The molecular formula is C13H15ClO5. The number of hydrogen-bond donors (Lipinski definition) is 1. The fourth-order valence-corrected chi connectivity index (χ4v) is 1.96. The van der Waals surface area contributed by atoms with Crippen molar-refractivity contribution in [3.8, 4) is 11.5 Å². The molecule has 0 saturated heterocycles. The van der Waals surface area contributed by atoms with Gasteiger partial charge in [0.15, 0.2) is 11.5 Å². The molecule has 0 aliphatic rings. The Morgan fingerprint density at radius 2 is 2.00 bits per heavy atom. The third-order valence-electron chi connectivity index (χ3n) is 2.57. The SMILES string of the molecule is CCOC(=O)C(=O)c1c(O)c(OC)cc(CC)c1Cl. The zero-order valence-electron chi connectivity index (χ0n) is 10.9. The van der Waals surface area contributed by atoms with E-state index < -0.39 is 17.5 Å². The molecule has 0 spiro atoms. The van der Waals surface area contributed by atoms with Gasteiger partial charge in [-0.15, -0.1) is 0 Å². The van der Waals surface area contributed by atoms with E-state index in [1.807, 2.05) is 6.92 Å². The third-order valence-corrected chi connectivity index (χ3v) is 3.00. The number of aryl methyl sites for hydroxylation is 1. The van der Waals surface area contributed by atoms with Crippen LogP contribution in [0.25, 0.3) is 0 Å². The van der Waals surface area contributed by atoms with Crippen LogP contribution in [-0.4, -0.2) is 30.6 Å². The predicted octanol–water partition coefficient (Wildman–Crippen LogP) is 2.36. The number of esters is 1. The van der Waals surface area contributed by atoms with Crippen LogP contribution in [0.5, 0.6) is 11.5 Å². The third kappa shape index (κ3) is 2.98. The van der Waals surface area contributed by atoms with E-state index in [0.717, 1.165) is 0 Å². The molecule has 1 rings (SSSR count). The maximum Gasteiger partial charge on any atom is 0.379 e. The maximum atomic E-state index is 11.9. The Balaban J connectivity index is 3.40. The highest BCUT2D eigenvalue weighted by atomic mass is 35.5. The number of methoxy groups -OCH3 is 1. The quantitative estimate of drug-likeness (QED) is 0.511. The molecule has 0 unspecified atom stereocenters. The molecular weight excluding hydrogens is 272 g/mol. The summed E-state index contributed by atoms with van der Waals surface area (Å²) in [5.74, 6) is -2.41. The number of halogens is 1. The van der Waals surface area contributed by atoms with Crippen molar-refractivity contribution in [1.29, 1.82) is 0 Å². The van der Waals surface area contributed by atoms with Crippen LogP contribution in [0.15, 0.2) is 6.07 Å². The predicted molar refractivity (Wildman–Crippen MR) is 70.0 cm³/mol. The average Bonchev–Trinajstić information content (AvgIpc) is 2.39. The summed E-state index contributed by atoms with van der Waals surface area (Å²) in [6, 6.07) is 1.53. The van der Waals surface area contributed by atoms with Gasteiger partial charge >= 0.3 is 5.97 Å². The van der Waals surface area contributed by atoms with Gasteiger partial charge in [-0.3, -0.25) is 4.79 Å². The first-order valence-electron chi connectivity index (χ1n) is 5.77. The molecule has 0 saturated carbocycles. The van der Waals surface area contributed by atoms with Crippen molar-refractivity contribution in [2.24, 2.45) is 0 Å². The molecule has 0 amide bonds. The molecule has 6 heteroatoms. The number of rotatable bonds is 5. The lowest BCUT2D eigenvalue weighted by Gasteiger charge is -2.13. The van der Waals surface area contributed by atoms with Crippen LogP contribution in [0.2, 0.25) is 5.02 Å². The number of ether oxygens (including phenoxy) is 2. The summed E-state index contributed by atoms with van der Waals surface area (Å²) in [5.41, 5.74) is 0.320. The maximum absolute atomic E-state index is 11.9. The second-order valence-electron chi connectivity index (χ2n) is 3.68. The molecule has 0 aliphatic carbocycles. The van der Waals surface area contributed by atoms with Gasteiger partial charge in [0.25, 0.3) is 5.78 Å². The number of Topliss-reactive ketones (excluding diaryl/α,β-unsaturated/α-hetero) is 1. The minimum absolute atomic E-state index is 0.0406. The van der Waals surface area contributed by atoms with Crippen molar-refractivity contribution in [2.45, 2.75) is 20.3 Å². The molecule has 1 aromatic rings. The fraction of sp³-hybridized carbons (Fsp3) is 0.385. The van der Waals surface area contributed by atoms with Gasteiger partial charge < -0.3 is 14.6 Å². The Hall–Kier alpha value is -1.75. The summed E-state index contributed by atoms with van der Waals surface area (Å²) >= 11 is 6.04. The molecule has 1 aromatic carbocycles. The van der Waals surface area contributed by atoms with Gasteiger partial charge in [0.2, 0.25) is 0 Å². The molecule has 0 radical (unpaired) electrons. The van der Waals surface area contributed by atoms with Crippen molar-refractivity contribution in [3.63, 3.8) is 0 Å². The van der Waals surface area contributed by atoms with Crippen molar-refractivity contribution >= 4 is 23.4 Å². The molecule has 0 aliphatic heterocycles. The lowest BCUT2D eigenvalue weighted by atomic mass is 10.0. The monoisotopic (exact) mass is 286 g/mol. The summed E-state index contributed by atoms with van der Waals surface area (Å²) in [6.45, 7) is 3.47. The Bertz CT molecular complexity index is 482. The van der Waals surface area contributed by atoms with Gasteiger partial charge in [-0.1, -0.05) is 18.5 Å². The smallest absolute Gasteiger partial charge is 0.379 e. The van der Waals surface area contributed by atoms with E-state index in [2.05, 4.69) is 4.74 Å². The van der Waals surface area contributed by atoms with E-state index in [-0.39, 0.29) is 22.9 Å². The summed E-state index contributed by atoms with van der Waals surface area (Å²) in [4.78, 5) is 23.4. The molecule has 19 heavy (non-hydrogen) atoms. The van der Waals surface area contributed by atoms with E-state index in [0.29, 0.717) is 12.0 Å².